The molecule has 0 aliphatic carbocycles. The van der Waals surface area contributed by atoms with Crippen LogP contribution in [0.4, 0.5) is 0 Å². The van der Waals surface area contributed by atoms with Crippen molar-refractivity contribution in [2.24, 2.45) is 0 Å². The molecule has 0 radical (unpaired) electrons. The van der Waals surface area contributed by atoms with E-state index in [0.29, 0.717) is 5.88 Å². The summed E-state index contributed by atoms with van der Waals surface area (Å²) in [7, 11) is 0. The average Bonchev–Trinajstić information content (AvgIpc) is 2.03. The topological polar surface area (TPSA) is 39.2 Å². The van der Waals surface area contributed by atoms with Crippen molar-refractivity contribution in [2.45, 2.75) is 6.92 Å². The normalized spacial score (nSPS) is 9.18. The van der Waals surface area contributed by atoms with Gasteiger partial charge < -0.3 is 4.74 Å². The maximum atomic E-state index is 10.5. The number of ketones is 1. The van der Waals surface area contributed by atoms with E-state index >= 15 is 0 Å². The van der Waals surface area contributed by atoms with Crippen LogP contribution >= 0.6 is 0 Å². The Morgan fingerprint density at radius 3 is 3.00 bits per heavy atom. The summed E-state index contributed by atoms with van der Waals surface area (Å²) in [4.78, 5) is 14.3. The Morgan fingerprint density at radius 2 is 2.45 bits per heavy atom. The Morgan fingerprint density at radius 1 is 1.64 bits per heavy atom. The van der Waals surface area contributed by atoms with E-state index in [4.69, 9.17) is 4.74 Å². The van der Waals surface area contributed by atoms with Gasteiger partial charge in [-0.3, -0.25) is 4.79 Å². The minimum Gasteiger partial charge on any atom is -0.470 e. The van der Waals surface area contributed by atoms with Crippen LogP contribution in [0.5, 0.6) is 5.88 Å². The quantitative estimate of drug-likeness (QED) is 0.648. The van der Waals surface area contributed by atoms with Gasteiger partial charge in [-0.1, -0.05) is 6.07 Å². The second-order valence-corrected chi connectivity index (χ2v) is 2.16. The Bertz CT molecular complexity index is 233. The summed E-state index contributed by atoms with van der Waals surface area (Å²) in [5, 5.41) is 0. The van der Waals surface area contributed by atoms with Gasteiger partial charge in [-0.05, 0) is 13.0 Å². The molecular weight excluding hydrogens is 142 g/mol. The largest absolute Gasteiger partial charge is 0.470 e. The van der Waals surface area contributed by atoms with Crippen molar-refractivity contribution in [3.63, 3.8) is 0 Å². The first-order chi connectivity index (χ1) is 5.29. The fourth-order valence-electron chi connectivity index (χ4n) is 0.608. The molecule has 0 bridgehead atoms. The Hall–Kier alpha value is -1.38. The first kappa shape index (κ1) is 7.72. The van der Waals surface area contributed by atoms with Crippen LogP contribution in [0.1, 0.15) is 6.92 Å². The van der Waals surface area contributed by atoms with Gasteiger partial charge in [0, 0.05) is 12.3 Å². The van der Waals surface area contributed by atoms with E-state index in [2.05, 4.69) is 4.98 Å². The summed E-state index contributed by atoms with van der Waals surface area (Å²) in [6.45, 7) is 1.57. The summed E-state index contributed by atoms with van der Waals surface area (Å²) < 4.78 is 5.01. The molecule has 1 rings (SSSR count). The van der Waals surface area contributed by atoms with E-state index in [-0.39, 0.29) is 12.4 Å². The molecule has 0 unspecified atom stereocenters. The third kappa shape index (κ3) is 2.80. The summed E-state index contributed by atoms with van der Waals surface area (Å²) >= 11 is 0. The lowest BCUT2D eigenvalue weighted by molar-refractivity contribution is -0.119. The number of carbonyl (C=O) groups excluding carboxylic acids is 1. The van der Waals surface area contributed by atoms with Crippen molar-refractivity contribution < 1.29 is 9.53 Å². The highest BCUT2D eigenvalue weighted by atomic mass is 16.5. The van der Waals surface area contributed by atoms with Crippen LogP contribution in [0.3, 0.4) is 0 Å². The highest BCUT2D eigenvalue weighted by Crippen LogP contribution is 2.02. The molecule has 0 atom stereocenters. The molecule has 58 valence electrons. The monoisotopic (exact) mass is 151 g/mol. The van der Waals surface area contributed by atoms with Crippen LogP contribution in [0, 0.1) is 0 Å². The number of hydrogen-bond donors (Lipinski definition) is 0. The van der Waals surface area contributed by atoms with E-state index in [0.717, 1.165) is 0 Å². The molecule has 1 aromatic rings. The molecule has 1 heterocycles. The Kier molecular flexibility index (Phi) is 2.60. The number of rotatable bonds is 3. The number of hydrogen-bond acceptors (Lipinski definition) is 3. The standard InChI is InChI=1S/C8H9NO2/c1-7(10)6-11-8-4-2-3-5-9-8/h2-5H,6H2,1H3. The number of Topliss-reactive ketones (excluding diaryl/α,β-unsaturated/α-hetero) is 1. The number of pyridine rings is 1. The third-order valence-electron chi connectivity index (χ3n) is 1.06. The van der Waals surface area contributed by atoms with Crippen LogP contribution < -0.4 is 4.74 Å². The van der Waals surface area contributed by atoms with Gasteiger partial charge in [-0.2, -0.15) is 0 Å². The summed E-state index contributed by atoms with van der Waals surface area (Å²) in [6.07, 6.45) is 1.62. The molecule has 0 fully saturated rings. The highest BCUT2D eigenvalue weighted by molar-refractivity contribution is 5.76. The fraction of sp³-hybridized carbons (Fsp3) is 0.250. The van der Waals surface area contributed by atoms with Crippen LogP contribution in [-0.2, 0) is 4.79 Å². The second kappa shape index (κ2) is 3.71. The molecule has 0 aliphatic rings. The van der Waals surface area contributed by atoms with Gasteiger partial charge in [-0.15, -0.1) is 0 Å². The van der Waals surface area contributed by atoms with Gasteiger partial charge in [-0.25, -0.2) is 4.98 Å². The van der Waals surface area contributed by atoms with Gasteiger partial charge in [0.2, 0.25) is 5.88 Å². The van der Waals surface area contributed by atoms with Crippen molar-refractivity contribution in [1.82, 2.24) is 4.98 Å². The lowest BCUT2D eigenvalue weighted by atomic mass is 10.5. The minimum atomic E-state index is -0.00402. The zero-order chi connectivity index (χ0) is 8.10. The fourth-order valence-corrected chi connectivity index (χ4v) is 0.608. The van der Waals surface area contributed by atoms with Crippen molar-refractivity contribution in [2.75, 3.05) is 6.61 Å². The molecule has 0 aliphatic heterocycles. The lowest BCUT2D eigenvalue weighted by Crippen LogP contribution is -2.07. The number of ether oxygens (including phenoxy) is 1. The summed E-state index contributed by atoms with van der Waals surface area (Å²) in [6, 6.07) is 5.31. The SMILES string of the molecule is CC(=O)COc1ccccn1. The zero-order valence-corrected chi connectivity index (χ0v) is 6.28. The number of aromatic nitrogens is 1. The highest BCUT2D eigenvalue weighted by Gasteiger charge is 1.94. The van der Waals surface area contributed by atoms with E-state index < -0.39 is 0 Å². The summed E-state index contributed by atoms with van der Waals surface area (Å²) in [5.74, 6) is 0.485. The van der Waals surface area contributed by atoms with Gasteiger partial charge in [0.25, 0.3) is 0 Å². The number of nitrogens with zero attached hydrogens (tertiary/aromatic N) is 1. The Labute approximate surface area is 65.0 Å². The molecule has 0 saturated carbocycles. The van der Waals surface area contributed by atoms with Crippen LogP contribution in [0.25, 0.3) is 0 Å². The molecule has 3 heteroatoms. The molecule has 0 amide bonds. The van der Waals surface area contributed by atoms with Crippen molar-refractivity contribution in [1.29, 1.82) is 0 Å². The maximum absolute atomic E-state index is 10.5. The molecule has 0 saturated heterocycles. The first-order valence-corrected chi connectivity index (χ1v) is 3.32. The molecular formula is C8H9NO2. The Balaban J connectivity index is 2.45. The third-order valence-corrected chi connectivity index (χ3v) is 1.06. The van der Waals surface area contributed by atoms with Gasteiger partial charge >= 0.3 is 0 Å². The average molecular weight is 151 g/mol. The van der Waals surface area contributed by atoms with Crippen molar-refractivity contribution in [3.8, 4) is 5.88 Å². The van der Waals surface area contributed by atoms with Gasteiger partial charge in [0.15, 0.2) is 5.78 Å². The lowest BCUT2D eigenvalue weighted by Gasteiger charge is -1.99. The van der Waals surface area contributed by atoms with Crippen molar-refractivity contribution in [3.05, 3.63) is 24.4 Å². The maximum Gasteiger partial charge on any atom is 0.213 e. The molecule has 3 nitrogen and oxygen atoms in total. The molecule has 0 N–H and O–H groups in total. The second-order valence-electron chi connectivity index (χ2n) is 2.16. The van der Waals surface area contributed by atoms with Crippen LogP contribution in [0.2, 0.25) is 0 Å². The zero-order valence-electron chi connectivity index (χ0n) is 6.28. The van der Waals surface area contributed by atoms with Gasteiger partial charge in [0.05, 0.1) is 0 Å². The predicted molar refractivity (Wildman–Crippen MR) is 40.4 cm³/mol. The molecule has 0 spiro atoms. The van der Waals surface area contributed by atoms with Crippen molar-refractivity contribution >= 4 is 5.78 Å². The smallest absolute Gasteiger partial charge is 0.213 e. The van der Waals surface area contributed by atoms with E-state index in [1.54, 1.807) is 18.3 Å². The van der Waals surface area contributed by atoms with Crippen LogP contribution in [-0.4, -0.2) is 17.4 Å². The molecule has 0 aromatic carbocycles. The molecule has 1 aromatic heterocycles. The molecule has 11 heavy (non-hydrogen) atoms. The van der Waals surface area contributed by atoms with E-state index in [9.17, 15) is 4.79 Å². The van der Waals surface area contributed by atoms with Crippen LogP contribution in [0.15, 0.2) is 24.4 Å². The van der Waals surface area contributed by atoms with E-state index in [1.807, 2.05) is 6.07 Å². The number of carbonyl (C=O) groups is 1. The predicted octanol–water partition coefficient (Wildman–Crippen LogP) is 1.05. The minimum absolute atomic E-state index is 0.00402. The summed E-state index contributed by atoms with van der Waals surface area (Å²) in [5.41, 5.74) is 0. The first-order valence-electron chi connectivity index (χ1n) is 3.32. The van der Waals surface area contributed by atoms with Gasteiger partial charge in [0.1, 0.15) is 6.61 Å². The van der Waals surface area contributed by atoms with E-state index in [1.165, 1.54) is 6.92 Å².